The van der Waals surface area contributed by atoms with Gasteiger partial charge >= 0.3 is 0 Å². The fourth-order valence-corrected chi connectivity index (χ4v) is 2.38. The average Bonchev–Trinajstić information content (AvgIpc) is 2.44. The van der Waals surface area contributed by atoms with Crippen LogP contribution in [0.2, 0.25) is 0 Å². The number of nitrogens with one attached hydrogen (secondary N) is 1. The predicted molar refractivity (Wildman–Crippen MR) is 84.7 cm³/mol. The van der Waals surface area contributed by atoms with E-state index in [2.05, 4.69) is 34.2 Å². The van der Waals surface area contributed by atoms with Crippen molar-refractivity contribution in [3.05, 3.63) is 52.0 Å². The molecule has 4 heteroatoms. The smallest absolute Gasteiger partial charge is 0.141 e. The number of methoxy groups -OCH3 is 1. The molecule has 0 aliphatic carbocycles. The second-order valence-electron chi connectivity index (χ2n) is 4.54. The highest BCUT2D eigenvalue weighted by Crippen LogP contribution is 2.34. The lowest BCUT2D eigenvalue weighted by atomic mass is 10.1. The summed E-state index contributed by atoms with van der Waals surface area (Å²) in [5.41, 5.74) is 2.35. The topological polar surface area (TPSA) is 30.5 Å². The molecule has 0 radical (unpaired) electrons. The van der Waals surface area contributed by atoms with Crippen LogP contribution in [0, 0.1) is 6.92 Å². The molecule has 0 fully saturated rings. The Labute approximate surface area is 128 Å². The van der Waals surface area contributed by atoms with Crippen LogP contribution in [0.25, 0.3) is 0 Å². The summed E-state index contributed by atoms with van der Waals surface area (Å²) in [5.74, 6) is 2.42. The first-order valence-corrected chi connectivity index (χ1v) is 7.19. The van der Waals surface area contributed by atoms with Crippen molar-refractivity contribution in [2.24, 2.45) is 0 Å². The van der Waals surface area contributed by atoms with Gasteiger partial charge in [0.1, 0.15) is 17.2 Å². The molecular weight excluding hydrogens is 318 g/mol. The van der Waals surface area contributed by atoms with Crippen molar-refractivity contribution in [1.82, 2.24) is 5.32 Å². The van der Waals surface area contributed by atoms with Crippen LogP contribution in [0.15, 0.2) is 40.9 Å². The molecule has 0 aliphatic rings. The van der Waals surface area contributed by atoms with E-state index in [0.29, 0.717) is 0 Å². The molecule has 0 bridgehead atoms. The summed E-state index contributed by atoms with van der Waals surface area (Å²) >= 11 is 3.50. The molecule has 0 aromatic heterocycles. The molecule has 0 saturated carbocycles. The molecule has 2 rings (SSSR count). The van der Waals surface area contributed by atoms with E-state index in [1.165, 1.54) is 5.56 Å². The Hall–Kier alpha value is -1.52. The second kappa shape index (κ2) is 6.77. The zero-order valence-electron chi connectivity index (χ0n) is 11.9. The molecule has 0 aliphatic heterocycles. The van der Waals surface area contributed by atoms with Crippen LogP contribution in [0.1, 0.15) is 11.1 Å². The van der Waals surface area contributed by atoms with Gasteiger partial charge in [-0.3, -0.25) is 0 Å². The van der Waals surface area contributed by atoms with Crippen molar-refractivity contribution in [2.45, 2.75) is 13.5 Å². The summed E-state index contributed by atoms with van der Waals surface area (Å²) in [4.78, 5) is 0. The number of hydrogen-bond donors (Lipinski definition) is 1. The number of halogens is 1. The Kier molecular flexibility index (Phi) is 5.04. The van der Waals surface area contributed by atoms with Crippen LogP contribution in [-0.2, 0) is 6.54 Å². The van der Waals surface area contributed by atoms with Gasteiger partial charge in [0, 0.05) is 12.1 Å². The average molecular weight is 336 g/mol. The fraction of sp³-hybridized carbons (Fsp3) is 0.250. The highest BCUT2D eigenvalue weighted by molar-refractivity contribution is 9.10. The van der Waals surface area contributed by atoms with E-state index in [1.54, 1.807) is 7.11 Å². The summed E-state index contributed by atoms with van der Waals surface area (Å²) in [6.07, 6.45) is 0. The van der Waals surface area contributed by atoms with E-state index in [0.717, 1.165) is 33.8 Å². The predicted octanol–water partition coefficient (Wildman–Crippen LogP) is 4.28. The van der Waals surface area contributed by atoms with Crippen LogP contribution in [-0.4, -0.2) is 14.2 Å². The fourth-order valence-electron chi connectivity index (χ4n) is 1.95. The quantitative estimate of drug-likeness (QED) is 0.884. The minimum absolute atomic E-state index is 0.769. The summed E-state index contributed by atoms with van der Waals surface area (Å²) in [7, 11) is 3.57. The lowest BCUT2D eigenvalue weighted by Gasteiger charge is -2.13. The first-order valence-electron chi connectivity index (χ1n) is 6.39. The van der Waals surface area contributed by atoms with Crippen molar-refractivity contribution < 1.29 is 9.47 Å². The molecular formula is C16H18BrNO2. The molecule has 2 aromatic rings. The van der Waals surface area contributed by atoms with E-state index in [9.17, 15) is 0 Å². The zero-order chi connectivity index (χ0) is 14.5. The summed E-state index contributed by atoms with van der Waals surface area (Å²) in [6.45, 7) is 2.84. The van der Waals surface area contributed by atoms with E-state index in [-0.39, 0.29) is 0 Å². The highest BCUT2D eigenvalue weighted by atomic mass is 79.9. The maximum atomic E-state index is 6.00. The molecule has 3 nitrogen and oxygen atoms in total. The van der Waals surface area contributed by atoms with E-state index in [4.69, 9.17) is 9.47 Å². The van der Waals surface area contributed by atoms with Gasteiger partial charge in [-0.25, -0.2) is 0 Å². The van der Waals surface area contributed by atoms with Crippen molar-refractivity contribution >= 4 is 15.9 Å². The summed E-state index contributed by atoms with van der Waals surface area (Å²) in [6, 6.07) is 11.8. The normalized spacial score (nSPS) is 10.4. The lowest BCUT2D eigenvalue weighted by molar-refractivity contribution is 0.412. The number of aryl methyl sites for hydroxylation is 1. The number of rotatable bonds is 5. The van der Waals surface area contributed by atoms with Crippen LogP contribution in [0.4, 0.5) is 0 Å². The van der Waals surface area contributed by atoms with Crippen LogP contribution < -0.4 is 14.8 Å². The first kappa shape index (κ1) is 14.9. The highest BCUT2D eigenvalue weighted by Gasteiger charge is 2.08. The number of ether oxygens (including phenoxy) is 2. The van der Waals surface area contributed by atoms with Gasteiger partial charge < -0.3 is 14.8 Å². The van der Waals surface area contributed by atoms with Gasteiger partial charge in [-0.05, 0) is 54.2 Å². The summed E-state index contributed by atoms with van der Waals surface area (Å²) < 4.78 is 12.1. The molecule has 0 atom stereocenters. The van der Waals surface area contributed by atoms with Crippen molar-refractivity contribution in [3.63, 3.8) is 0 Å². The maximum absolute atomic E-state index is 6.00. The van der Waals surface area contributed by atoms with E-state index >= 15 is 0 Å². The van der Waals surface area contributed by atoms with Gasteiger partial charge in [0.25, 0.3) is 0 Å². The minimum Gasteiger partial charge on any atom is -0.497 e. The van der Waals surface area contributed by atoms with E-state index in [1.807, 2.05) is 37.4 Å². The molecule has 0 unspecified atom stereocenters. The van der Waals surface area contributed by atoms with Crippen LogP contribution in [0.3, 0.4) is 0 Å². The molecule has 0 spiro atoms. The zero-order valence-corrected chi connectivity index (χ0v) is 13.5. The largest absolute Gasteiger partial charge is 0.497 e. The standard InChI is InChI=1S/C16H18BrNO2/c1-11-4-6-15(12(8-11)10-18-2)20-16-7-5-13(19-3)9-14(16)17/h4-9,18H,10H2,1-3H3. The van der Waals surface area contributed by atoms with Crippen LogP contribution >= 0.6 is 15.9 Å². The maximum Gasteiger partial charge on any atom is 0.141 e. The Bertz CT molecular complexity index is 599. The SMILES string of the molecule is CNCc1cc(C)ccc1Oc1ccc(OC)cc1Br. The minimum atomic E-state index is 0.769. The van der Waals surface area contributed by atoms with Gasteiger partial charge in [-0.15, -0.1) is 0 Å². The summed E-state index contributed by atoms with van der Waals surface area (Å²) in [5, 5.41) is 3.16. The molecule has 0 saturated heterocycles. The van der Waals surface area contributed by atoms with Gasteiger partial charge in [0.05, 0.1) is 11.6 Å². The van der Waals surface area contributed by atoms with Gasteiger partial charge in [-0.1, -0.05) is 17.7 Å². The van der Waals surface area contributed by atoms with Gasteiger partial charge in [0.15, 0.2) is 0 Å². The van der Waals surface area contributed by atoms with Crippen LogP contribution in [0.5, 0.6) is 17.2 Å². The molecule has 106 valence electrons. The Morgan fingerprint density at radius 2 is 1.85 bits per heavy atom. The van der Waals surface area contributed by atoms with Gasteiger partial charge in [0.2, 0.25) is 0 Å². The Morgan fingerprint density at radius 3 is 2.50 bits per heavy atom. The monoisotopic (exact) mass is 335 g/mol. The first-order chi connectivity index (χ1) is 9.63. The van der Waals surface area contributed by atoms with Crippen molar-refractivity contribution in [3.8, 4) is 17.2 Å². The van der Waals surface area contributed by atoms with E-state index < -0.39 is 0 Å². The third kappa shape index (κ3) is 3.52. The number of benzene rings is 2. The number of hydrogen-bond acceptors (Lipinski definition) is 3. The third-order valence-corrected chi connectivity index (χ3v) is 3.56. The third-order valence-electron chi connectivity index (χ3n) is 2.94. The Morgan fingerprint density at radius 1 is 1.10 bits per heavy atom. The lowest BCUT2D eigenvalue weighted by Crippen LogP contribution is -2.06. The molecule has 20 heavy (non-hydrogen) atoms. The molecule has 1 N–H and O–H groups in total. The van der Waals surface area contributed by atoms with Gasteiger partial charge in [-0.2, -0.15) is 0 Å². The van der Waals surface area contributed by atoms with Crippen molar-refractivity contribution in [2.75, 3.05) is 14.2 Å². The molecule has 0 amide bonds. The second-order valence-corrected chi connectivity index (χ2v) is 5.39. The van der Waals surface area contributed by atoms with Crippen molar-refractivity contribution in [1.29, 1.82) is 0 Å². The molecule has 2 aromatic carbocycles. The Balaban J connectivity index is 2.29. The molecule has 0 heterocycles.